The summed E-state index contributed by atoms with van der Waals surface area (Å²) in [6.07, 6.45) is 2.48. The van der Waals surface area contributed by atoms with Gasteiger partial charge in [0.25, 0.3) is 0 Å². The third-order valence-corrected chi connectivity index (χ3v) is 3.70. The molecular weight excluding hydrogens is 188 g/mol. The first kappa shape index (κ1) is 9.72. The summed E-state index contributed by atoms with van der Waals surface area (Å²) < 4.78 is 1.40. The zero-order valence-corrected chi connectivity index (χ0v) is 9.60. The average molecular weight is 204 g/mol. The van der Waals surface area contributed by atoms with Gasteiger partial charge in [-0.2, -0.15) is 0 Å². The highest BCUT2D eigenvalue weighted by atomic mass is 32.1. The summed E-state index contributed by atoms with van der Waals surface area (Å²) >= 11 is 1.82. The number of thiophene rings is 1. The summed E-state index contributed by atoms with van der Waals surface area (Å²) in [5, 5.41) is 3.56. The number of fused-ring (bicyclic) bond motifs is 1. The highest BCUT2D eigenvalue weighted by Gasteiger charge is 2.02. The number of rotatable bonds is 3. The van der Waals surface area contributed by atoms with Crippen LogP contribution in [0.15, 0.2) is 29.6 Å². The van der Waals surface area contributed by atoms with E-state index in [4.69, 9.17) is 0 Å². The Bertz CT molecular complexity index is 414. The molecular formula is C13H16S. The summed E-state index contributed by atoms with van der Waals surface area (Å²) in [5.41, 5.74) is 1.48. The van der Waals surface area contributed by atoms with Gasteiger partial charge in [-0.1, -0.05) is 32.4 Å². The predicted octanol–water partition coefficient (Wildman–Crippen LogP) is 4.49. The fourth-order valence-corrected chi connectivity index (χ4v) is 2.46. The molecule has 0 bridgehead atoms. The van der Waals surface area contributed by atoms with Gasteiger partial charge in [-0.3, -0.25) is 0 Å². The molecule has 0 radical (unpaired) electrons. The molecule has 0 aliphatic rings. The van der Waals surface area contributed by atoms with Gasteiger partial charge in [-0.25, -0.2) is 0 Å². The summed E-state index contributed by atoms with van der Waals surface area (Å²) in [6.45, 7) is 4.58. The van der Waals surface area contributed by atoms with Gasteiger partial charge in [0.1, 0.15) is 0 Å². The van der Waals surface area contributed by atoms with Crippen LogP contribution < -0.4 is 0 Å². The van der Waals surface area contributed by atoms with Crippen molar-refractivity contribution < 1.29 is 0 Å². The van der Waals surface area contributed by atoms with Crippen LogP contribution in [-0.4, -0.2) is 0 Å². The van der Waals surface area contributed by atoms with E-state index >= 15 is 0 Å². The second-order valence-electron chi connectivity index (χ2n) is 4.01. The van der Waals surface area contributed by atoms with Crippen LogP contribution in [-0.2, 0) is 6.42 Å². The quantitative estimate of drug-likeness (QED) is 0.691. The van der Waals surface area contributed by atoms with E-state index in [-0.39, 0.29) is 0 Å². The molecule has 1 heterocycles. The fraction of sp³-hybridized carbons (Fsp3) is 0.385. The normalized spacial score (nSPS) is 13.3. The van der Waals surface area contributed by atoms with Crippen molar-refractivity contribution in [1.29, 1.82) is 0 Å². The average Bonchev–Trinajstić information content (AvgIpc) is 2.64. The number of hydrogen-bond donors (Lipinski definition) is 0. The lowest BCUT2D eigenvalue weighted by molar-refractivity contribution is 0.560. The number of benzene rings is 1. The predicted molar refractivity (Wildman–Crippen MR) is 65.0 cm³/mol. The van der Waals surface area contributed by atoms with Crippen LogP contribution in [0.1, 0.15) is 25.8 Å². The van der Waals surface area contributed by atoms with Crippen LogP contribution in [0, 0.1) is 5.92 Å². The van der Waals surface area contributed by atoms with Gasteiger partial charge in [0.2, 0.25) is 0 Å². The van der Waals surface area contributed by atoms with E-state index < -0.39 is 0 Å². The van der Waals surface area contributed by atoms with Crippen molar-refractivity contribution in [2.24, 2.45) is 5.92 Å². The van der Waals surface area contributed by atoms with E-state index in [1.165, 1.54) is 28.5 Å². The van der Waals surface area contributed by atoms with Crippen LogP contribution in [0.5, 0.6) is 0 Å². The molecule has 0 saturated carbocycles. The van der Waals surface area contributed by atoms with E-state index in [1.807, 2.05) is 11.3 Å². The maximum Gasteiger partial charge on any atom is 0.0342 e. The minimum Gasteiger partial charge on any atom is -0.144 e. The minimum atomic E-state index is 0.797. The monoisotopic (exact) mass is 204 g/mol. The Morgan fingerprint density at radius 3 is 2.93 bits per heavy atom. The second kappa shape index (κ2) is 4.14. The fourth-order valence-electron chi connectivity index (χ4n) is 1.69. The maximum atomic E-state index is 2.33. The molecule has 0 aliphatic heterocycles. The topological polar surface area (TPSA) is 0 Å². The molecule has 0 amide bonds. The Balaban J connectivity index is 2.25. The largest absolute Gasteiger partial charge is 0.144 e. The summed E-state index contributed by atoms with van der Waals surface area (Å²) in [4.78, 5) is 0. The Morgan fingerprint density at radius 2 is 2.14 bits per heavy atom. The molecule has 1 aromatic heterocycles. The first-order chi connectivity index (χ1) is 6.79. The zero-order chi connectivity index (χ0) is 9.97. The van der Waals surface area contributed by atoms with Crippen molar-refractivity contribution >= 4 is 21.4 Å². The van der Waals surface area contributed by atoms with Gasteiger partial charge < -0.3 is 0 Å². The molecule has 0 N–H and O–H groups in total. The second-order valence-corrected chi connectivity index (χ2v) is 4.96. The van der Waals surface area contributed by atoms with Crippen LogP contribution in [0.2, 0.25) is 0 Å². The molecule has 1 heteroatoms. The summed E-state index contributed by atoms with van der Waals surface area (Å²) in [7, 11) is 0. The molecule has 2 rings (SSSR count). The Labute approximate surface area is 89.6 Å². The molecule has 1 aromatic carbocycles. The van der Waals surface area contributed by atoms with Crippen molar-refractivity contribution in [2.45, 2.75) is 26.7 Å². The molecule has 0 saturated heterocycles. The Morgan fingerprint density at radius 1 is 1.29 bits per heavy atom. The minimum absolute atomic E-state index is 0.797. The van der Waals surface area contributed by atoms with Gasteiger partial charge in [-0.05, 0) is 40.8 Å². The number of hydrogen-bond acceptors (Lipinski definition) is 1. The third kappa shape index (κ3) is 1.98. The highest BCUT2D eigenvalue weighted by molar-refractivity contribution is 7.17. The summed E-state index contributed by atoms with van der Waals surface area (Å²) in [5.74, 6) is 0.797. The zero-order valence-electron chi connectivity index (χ0n) is 8.79. The molecule has 0 aliphatic carbocycles. The molecule has 74 valence electrons. The van der Waals surface area contributed by atoms with E-state index in [9.17, 15) is 0 Å². The van der Waals surface area contributed by atoms with Gasteiger partial charge in [0, 0.05) is 4.70 Å². The highest BCUT2D eigenvalue weighted by Crippen LogP contribution is 2.23. The van der Waals surface area contributed by atoms with Gasteiger partial charge >= 0.3 is 0 Å². The molecule has 0 nitrogen and oxygen atoms in total. The lowest BCUT2D eigenvalue weighted by Gasteiger charge is -2.07. The van der Waals surface area contributed by atoms with Crippen molar-refractivity contribution in [2.75, 3.05) is 0 Å². The van der Waals surface area contributed by atoms with E-state index in [0.29, 0.717) is 0 Å². The summed E-state index contributed by atoms with van der Waals surface area (Å²) in [6, 6.07) is 9.06. The van der Waals surface area contributed by atoms with Crippen molar-refractivity contribution in [3.63, 3.8) is 0 Å². The molecule has 0 spiro atoms. The molecule has 1 unspecified atom stereocenters. The molecule has 0 fully saturated rings. The van der Waals surface area contributed by atoms with Gasteiger partial charge in [0.05, 0.1) is 0 Å². The Kier molecular flexibility index (Phi) is 2.87. The third-order valence-electron chi connectivity index (χ3n) is 2.80. The van der Waals surface area contributed by atoms with E-state index in [1.54, 1.807) is 0 Å². The van der Waals surface area contributed by atoms with E-state index in [0.717, 1.165) is 5.92 Å². The van der Waals surface area contributed by atoms with E-state index in [2.05, 4.69) is 43.5 Å². The molecule has 2 aromatic rings. The van der Waals surface area contributed by atoms with Crippen molar-refractivity contribution in [3.05, 3.63) is 35.2 Å². The van der Waals surface area contributed by atoms with Crippen molar-refractivity contribution in [3.8, 4) is 0 Å². The first-order valence-corrected chi connectivity index (χ1v) is 6.13. The van der Waals surface area contributed by atoms with Gasteiger partial charge in [0.15, 0.2) is 0 Å². The van der Waals surface area contributed by atoms with Crippen LogP contribution in [0.3, 0.4) is 0 Å². The smallest absolute Gasteiger partial charge is 0.0342 e. The first-order valence-electron chi connectivity index (χ1n) is 5.25. The lowest BCUT2D eigenvalue weighted by atomic mass is 9.98. The van der Waals surface area contributed by atoms with Crippen LogP contribution in [0.25, 0.3) is 10.1 Å². The molecule has 1 atom stereocenters. The Hall–Kier alpha value is -0.820. The molecule has 14 heavy (non-hydrogen) atoms. The standard InChI is InChI=1S/C13H16S/c1-3-10(2)8-11-4-5-13-12(9-11)6-7-14-13/h4-7,9-10H,3,8H2,1-2H3. The van der Waals surface area contributed by atoms with Crippen molar-refractivity contribution in [1.82, 2.24) is 0 Å². The van der Waals surface area contributed by atoms with Gasteiger partial charge in [-0.15, -0.1) is 11.3 Å². The maximum absolute atomic E-state index is 2.33. The van der Waals surface area contributed by atoms with Crippen LogP contribution in [0.4, 0.5) is 0 Å². The van der Waals surface area contributed by atoms with Crippen LogP contribution >= 0.6 is 11.3 Å². The SMILES string of the molecule is CCC(C)Cc1ccc2sccc2c1. The lowest BCUT2D eigenvalue weighted by Crippen LogP contribution is -1.96.